The predicted octanol–water partition coefficient (Wildman–Crippen LogP) is 6.29. The number of aromatic nitrogens is 3. The number of hydrogen-bond donors (Lipinski definition) is 1. The van der Waals surface area contributed by atoms with Crippen LogP contribution in [0.3, 0.4) is 0 Å². The predicted molar refractivity (Wildman–Crippen MR) is 153 cm³/mol. The summed E-state index contributed by atoms with van der Waals surface area (Å²) in [5.74, 6) is 0.218. The van der Waals surface area contributed by atoms with Crippen molar-refractivity contribution in [2.45, 2.75) is 6.18 Å². The van der Waals surface area contributed by atoms with Gasteiger partial charge in [0.05, 0.1) is 22.8 Å². The maximum absolute atomic E-state index is 13.0. The molecule has 0 spiro atoms. The van der Waals surface area contributed by atoms with Crippen LogP contribution < -0.4 is 15.1 Å². The Hall–Kier alpha value is -4.99. The second kappa shape index (κ2) is 10.9. The monoisotopic (exact) mass is 554 g/mol. The summed E-state index contributed by atoms with van der Waals surface area (Å²) < 4.78 is 39.0. The number of piperazine rings is 1. The third-order valence-electron chi connectivity index (χ3n) is 7.09. The van der Waals surface area contributed by atoms with Gasteiger partial charge in [0.2, 0.25) is 0 Å². The van der Waals surface area contributed by atoms with E-state index in [1.54, 1.807) is 24.5 Å². The van der Waals surface area contributed by atoms with Crippen LogP contribution in [0.5, 0.6) is 0 Å². The molecule has 0 aliphatic carbocycles. The highest BCUT2D eigenvalue weighted by molar-refractivity contribution is 6.04. The first-order valence-corrected chi connectivity index (χ1v) is 13.1. The minimum Gasteiger partial charge on any atom is -0.368 e. The number of anilines is 3. The molecule has 6 rings (SSSR count). The number of carbonyl (C=O) groups is 1. The van der Waals surface area contributed by atoms with Crippen molar-refractivity contribution in [3.8, 4) is 11.1 Å². The Bertz CT molecular complexity index is 1680. The molecule has 1 saturated heterocycles. The lowest BCUT2D eigenvalue weighted by molar-refractivity contribution is -0.137. The van der Waals surface area contributed by atoms with Gasteiger partial charge in [-0.15, -0.1) is 0 Å². The van der Waals surface area contributed by atoms with Crippen molar-refractivity contribution >= 4 is 34.1 Å². The van der Waals surface area contributed by atoms with Gasteiger partial charge in [0.15, 0.2) is 0 Å². The Morgan fingerprint density at radius 1 is 0.780 bits per heavy atom. The molecule has 1 fully saturated rings. The molecule has 0 radical (unpaired) electrons. The van der Waals surface area contributed by atoms with E-state index in [0.29, 0.717) is 5.69 Å². The van der Waals surface area contributed by atoms with E-state index >= 15 is 0 Å². The van der Waals surface area contributed by atoms with E-state index in [1.165, 1.54) is 12.1 Å². The van der Waals surface area contributed by atoms with Gasteiger partial charge in [-0.3, -0.25) is 14.8 Å². The lowest BCUT2D eigenvalue weighted by atomic mass is 10.0. The molecule has 0 saturated carbocycles. The molecule has 206 valence electrons. The molecular weight excluding hydrogens is 529 g/mol. The average molecular weight is 555 g/mol. The zero-order chi connectivity index (χ0) is 28.4. The highest BCUT2D eigenvalue weighted by atomic mass is 19.4. The minimum atomic E-state index is -4.52. The van der Waals surface area contributed by atoms with Gasteiger partial charge in [0, 0.05) is 55.5 Å². The number of rotatable bonds is 5. The van der Waals surface area contributed by atoms with E-state index in [0.717, 1.165) is 72.0 Å². The number of carbonyl (C=O) groups excluding carboxylic acids is 1. The molecule has 0 unspecified atom stereocenters. The van der Waals surface area contributed by atoms with E-state index in [1.807, 2.05) is 48.7 Å². The molecule has 7 nitrogen and oxygen atoms in total. The first-order chi connectivity index (χ1) is 19.8. The fraction of sp³-hybridized carbons (Fsp3) is 0.161. The van der Waals surface area contributed by atoms with Crippen molar-refractivity contribution in [3.63, 3.8) is 0 Å². The van der Waals surface area contributed by atoms with Gasteiger partial charge in [0.25, 0.3) is 5.91 Å². The van der Waals surface area contributed by atoms with Crippen LogP contribution >= 0.6 is 0 Å². The molecular formula is C31H25F3N6O. The fourth-order valence-corrected chi connectivity index (χ4v) is 4.87. The number of fused-ring (bicyclic) bond motifs is 1. The SMILES string of the molecule is O=C(Nc1ccc(-c2ccc3ncc(N4CCN(c5ccncc5)CC4)nc3c2)cc1)c1cccc(C(F)(F)F)c1. The first-order valence-electron chi connectivity index (χ1n) is 13.1. The average Bonchev–Trinajstić information content (AvgIpc) is 3.01. The van der Waals surface area contributed by atoms with E-state index in [-0.39, 0.29) is 5.56 Å². The number of hydrogen-bond acceptors (Lipinski definition) is 6. The van der Waals surface area contributed by atoms with E-state index in [2.05, 4.69) is 25.1 Å². The Morgan fingerprint density at radius 2 is 1.49 bits per heavy atom. The fourth-order valence-electron chi connectivity index (χ4n) is 4.87. The standard InChI is InChI=1S/C31H25F3N6O/c32-31(33,34)24-3-1-2-23(18-24)30(41)37-25-7-4-21(5-8-25)22-6-9-27-28(19-22)38-29(20-36-27)40-16-14-39(15-17-40)26-10-12-35-13-11-26/h1-13,18-20H,14-17H2,(H,37,41). The molecule has 0 atom stereocenters. The maximum atomic E-state index is 13.0. The Kier molecular flexibility index (Phi) is 6.96. The zero-order valence-corrected chi connectivity index (χ0v) is 21.8. The molecule has 2 aromatic heterocycles. The number of alkyl halides is 3. The lowest BCUT2D eigenvalue weighted by Gasteiger charge is -2.36. The van der Waals surface area contributed by atoms with Crippen LogP contribution in [-0.2, 0) is 6.18 Å². The summed E-state index contributed by atoms with van der Waals surface area (Å²) in [6.45, 7) is 3.41. The van der Waals surface area contributed by atoms with E-state index in [9.17, 15) is 18.0 Å². The quantitative estimate of drug-likeness (QED) is 0.275. The smallest absolute Gasteiger partial charge is 0.368 e. The van der Waals surface area contributed by atoms with Crippen LogP contribution in [0, 0.1) is 0 Å². The molecule has 1 aliphatic rings. The van der Waals surface area contributed by atoms with Gasteiger partial charge in [-0.05, 0) is 65.7 Å². The molecule has 5 aromatic rings. The summed E-state index contributed by atoms with van der Waals surface area (Å²) in [7, 11) is 0. The normalized spacial score (nSPS) is 13.8. The van der Waals surface area contributed by atoms with Gasteiger partial charge in [-0.1, -0.05) is 24.3 Å². The molecule has 1 N–H and O–H groups in total. The van der Waals surface area contributed by atoms with Crippen molar-refractivity contribution in [1.82, 2.24) is 15.0 Å². The van der Waals surface area contributed by atoms with Gasteiger partial charge in [-0.25, -0.2) is 4.98 Å². The number of amides is 1. The third-order valence-corrected chi connectivity index (χ3v) is 7.09. The summed E-state index contributed by atoms with van der Waals surface area (Å²) in [6.07, 6.45) is 0.904. The first kappa shape index (κ1) is 26.2. The Balaban J connectivity index is 1.15. The number of halogens is 3. The second-order valence-corrected chi connectivity index (χ2v) is 9.72. The topological polar surface area (TPSA) is 74.2 Å². The number of benzene rings is 3. The minimum absolute atomic E-state index is 0.0633. The zero-order valence-electron chi connectivity index (χ0n) is 21.8. The molecule has 3 heterocycles. The van der Waals surface area contributed by atoms with Crippen LogP contribution in [0.1, 0.15) is 15.9 Å². The highest BCUT2D eigenvalue weighted by Gasteiger charge is 2.31. The molecule has 10 heteroatoms. The Morgan fingerprint density at radius 3 is 2.22 bits per heavy atom. The number of nitrogens with zero attached hydrogens (tertiary/aromatic N) is 5. The highest BCUT2D eigenvalue weighted by Crippen LogP contribution is 2.30. The van der Waals surface area contributed by atoms with Crippen molar-refractivity contribution < 1.29 is 18.0 Å². The number of nitrogens with one attached hydrogen (secondary N) is 1. The van der Waals surface area contributed by atoms with Crippen LogP contribution in [0.4, 0.5) is 30.4 Å². The second-order valence-electron chi connectivity index (χ2n) is 9.72. The van der Waals surface area contributed by atoms with E-state index in [4.69, 9.17) is 4.98 Å². The van der Waals surface area contributed by atoms with Gasteiger partial charge < -0.3 is 15.1 Å². The van der Waals surface area contributed by atoms with Crippen LogP contribution in [0.25, 0.3) is 22.2 Å². The van der Waals surface area contributed by atoms with Gasteiger partial charge in [-0.2, -0.15) is 13.2 Å². The Labute approximate surface area is 234 Å². The summed E-state index contributed by atoms with van der Waals surface area (Å²) in [5, 5.41) is 2.66. The summed E-state index contributed by atoms with van der Waals surface area (Å²) in [5.41, 5.74) is 4.11. The van der Waals surface area contributed by atoms with Crippen LogP contribution in [-0.4, -0.2) is 47.0 Å². The summed E-state index contributed by atoms with van der Waals surface area (Å²) in [4.78, 5) is 30.7. The maximum Gasteiger partial charge on any atom is 0.416 e. The van der Waals surface area contributed by atoms with Crippen molar-refractivity contribution in [2.24, 2.45) is 0 Å². The summed E-state index contributed by atoms with van der Waals surface area (Å²) in [6, 6.07) is 21.4. The van der Waals surface area contributed by atoms with Crippen molar-refractivity contribution in [3.05, 3.63) is 109 Å². The lowest BCUT2D eigenvalue weighted by Crippen LogP contribution is -2.46. The molecule has 0 bridgehead atoms. The molecule has 41 heavy (non-hydrogen) atoms. The van der Waals surface area contributed by atoms with E-state index < -0.39 is 17.6 Å². The molecule has 1 aliphatic heterocycles. The largest absolute Gasteiger partial charge is 0.416 e. The third kappa shape index (κ3) is 5.81. The van der Waals surface area contributed by atoms with Gasteiger partial charge in [0.1, 0.15) is 5.82 Å². The van der Waals surface area contributed by atoms with Crippen molar-refractivity contribution in [1.29, 1.82) is 0 Å². The summed E-state index contributed by atoms with van der Waals surface area (Å²) >= 11 is 0. The van der Waals surface area contributed by atoms with Crippen LogP contribution in [0.15, 0.2) is 97.5 Å². The van der Waals surface area contributed by atoms with Crippen LogP contribution in [0.2, 0.25) is 0 Å². The van der Waals surface area contributed by atoms with Crippen molar-refractivity contribution in [2.75, 3.05) is 41.3 Å². The molecule has 1 amide bonds. The number of pyridine rings is 1. The van der Waals surface area contributed by atoms with Gasteiger partial charge >= 0.3 is 6.18 Å². The molecule has 3 aromatic carbocycles.